The fourth-order valence-electron chi connectivity index (χ4n) is 2.23. The van der Waals surface area contributed by atoms with E-state index in [2.05, 4.69) is 5.32 Å². The van der Waals surface area contributed by atoms with Crippen molar-refractivity contribution in [3.05, 3.63) is 0 Å². The van der Waals surface area contributed by atoms with E-state index in [-0.39, 0.29) is 23.9 Å². The van der Waals surface area contributed by atoms with Gasteiger partial charge in [-0.25, -0.2) is 0 Å². The second-order valence-electron chi connectivity index (χ2n) is 5.83. The third-order valence-corrected chi connectivity index (χ3v) is 3.19. The van der Waals surface area contributed by atoms with E-state index in [9.17, 15) is 4.79 Å². The standard InChI is InChI=1S/C13H26N2O.ClH/c1-13(2,14)10-15-12(16)9-11-7-5-3-4-6-8-11;/h11H,3-10,14H2,1-2H3,(H,15,16);1H. The van der Waals surface area contributed by atoms with Gasteiger partial charge in [0.15, 0.2) is 0 Å². The number of hydrogen-bond donors (Lipinski definition) is 2. The monoisotopic (exact) mass is 262 g/mol. The first kappa shape index (κ1) is 16.7. The van der Waals surface area contributed by atoms with E-state index >= 15 is 0 Å². The highest BCUT2D eigenvalue weighted by Crippen LogP contribution is 2.25. The van der Waals surface area contributed by atoms with Gasteiger partial charge in [-0.1, -0.05) is 25.7 Å². The molecule has 0 aromatic rings. The Morgan fingerprint density at radius 2 is 1.76 bits per heavy atom. The molecule has 17 heavy (non-hydrogen) atoms. The minimum atomic E-state index is -0.306. The summed E-state index contributed by atoms with van der Waals surface area (Å²) < 4.78 is 0. The molecule has 102 valence electrons. The smallest absolute Gasteiger partial charge is 0.220 e. The van der Waals surface area contributed by atoms with E-state index in [1.807, 2.05) is 13.8 Å². The quantitative estimate of drug-likeness (QED) is 0.766. The van der Waals surface area contributed by atoms with Gasteiger partial charge < -0.3 is 11.1 Å². The van der Waals surface area contributed by atoms with Gasteiger partial charge >= 0.3 is 0 Å². The molecule has 0 bridgehead atoms. The minimum Gasteiger partial charge on any atom is -0.354 e. The van der Waals surface area contributed by atoms with Crippen molar-refractivity contribution >= 4 is 18.3 Å². The number of rotatable bonds is 4. The number of carbonyl (C=O) groups is 1. The SMILES string of the molecule is CC(C)(N)CNC(=O)CC1CCCCCC1.Cl. The molecule has 1 saturated carbocycles. The molecule has 0 radical (unpaired) electrons. The Bertz CT molecular complexity index is 218. The van der Waals surface area contributed by atoms with Gasteiger partial charge in [0.25, 0.3) is 0 Å². The van der Waals surface area contributed by atoms with Gasteiger partial charge in [0, 0.05) is 18.5 Å². The van der Waals surface area contributed by atoms with E-state index in [1.54, 1.807) is 0 Å². The summed E-state index contributed by atoms with van der Waals surface area (Å²) in [4.78, 5) is 11.7. The highest BCUT2D eigenvalue weighted by Gasteiger charge is 2.17. The summed E-state index contributed by atoms with van der Waals surface area (Å²) >= 11 is 0. The van der Waals surface area contributed by atoms with E-state index in [1.165, 1.54) is 38.5 Å². The molecule has 3 N–H and O–H groups in total. The summed E-state index contributed by atoms with van der Waals surface area (Å²) in [5.74, 6) is 0.772. The normalized spacial score (nSPS) is 18.1. The molecule has 0 aromatic carbocycles. The maximum atomic E-state index is 11.7. The summed E-state index contributed by atoms with van der Waals surface area (Å²) in [5.41, 5.74) is 5.52. The van der Waals surface area contributed by atoms with Gasteiger partial charge in [-0.3, -0.25) is 4.79 Å². The van der Waals surface area contributed by atoms with E-state index in [4.69, 9.17) is 5.73 Å². The largest absolute Gasteiger partial charge is 0.354 e. The molecule has 1 aliphatic rings. The fourth-order valence-corrected chi connectivity index (χ4v) is 2.23. The molecule has 0 unspecified atom stereocenters. The van der Waals surface area contributed by atoms with Crippen LogP contribution in [0.2, 0.25) is 0 Å². The van der Waals surface area contributed by atoms with Gasteiger partial charge in [-0.2, -0.15) is 0 Å². The molecule has 0 saturated heterocycles. The van der Waals surface area contributed by atoms with Crippen LogP contribution < -0.4 is 11.1 Å². The number of carbonyl (C=O) groups excluding carboxylic acids is 1. The van der Waals surface area contributed by atoms with Crippen LogP contribution in [0.15, 0.2) is 0 Å². The molecule has 1 amide bonds. The maximum Gasteiger partial charge on any atom is 0.220 e. The zero-order chi connectivity index (χ0) is 12.0. The molecule has 3 nitrogen and oxygen atoms in total. The Balaban J connectivity index is 0.00000256. The zero-order valence-corrected chi connectivity index (χ0v) is 11.9. The minimum absolute atomic E-state index is 0. The third kappa shape index (κ3) is 8.44. The molecular formula is C13H27ClN2O. The van der Waals surface area contributed by atoms with Gasteiger partial charge in [0.05, 0.1) is 0 Å². The number of nitrogens with one attached hydrogen (secondary N) is 1. The van der Waals surface area contributed by atoms with Crippen LogP contribution in [0.5, 0.6) is 0 Å². The van der Waals surface area contributed by atoms with Crippen molar-refractivity contribution in [1.82, 2.24) is 5.32 Å². The van der Waals surface area contributed by atoms with E-state index < -0.39 is 0 Å². The predicted octanol–water partition coefficient (Wildman–Crippen LogP) is 2.62. The Hall–Kier alpha value is -0.280. The number of hydrogen-bond acceptors (Lipinski definition) is 2. The fraction of sp³-hybridized carbons (Fsp3) is 0.923. The van der Waals surface area contributed by atoms with E-state index in [0.29, 0.717) is 18.9 Å². The molecule has 0 heterocycles. The lowest BCUT2D eigenvalue weighted by Gasteiger charge is -2.20. The Kier molecular flexibility index (Phi) is 7.80. The summed E-state index contributed by atoms with van der Waals surface area (Å²) in [6, 6.07) is 0. The van der Waals surface area contributed by atoms with Gasteiger partial charge in [0.2, 0.25) is 5.91 Å². The summed E-state index contributed by atoms with van der Waals surface area (Å²) in [6.07, 6.45) is 8.40. The lowest BCUT2D eigenvalue weighted by molar-refractivity contribution is -0.122. The van der Waals surface area contributed by atoms with Crippen molar-refractivity contribution < 1.29 is 4.79 Å². The molecule has 1 fully saturated rings. The highest BCUT2D eigenvalue weighted by atomic mass is 35.5. The van der Waals surface area contributed by atoms with Crippen molar-refractivity contribution in [3.63, 3.8) is 0 Å². The average molecular weight is 263 g/mol. The first-order valence-corrected chi connectivity index (χ1v) is 6.53. The highest BCUT2D eigenvalue weighted by molar-refractivity contribution is 5.85. The van der Waals surface area contributed by atoms with Crippen LogP contribution in [0, 0.1) is 5.92 Å². The summed E-state index contributed by atoms with van der Waals surface area (Å²) in [7, 11) is 0. The molecule has 4 heteroatoms. The topological polar surface area (TPSA) is 55.1 Å². The Labute approximate surface area is 111 Å². The summed E-state index contributed by atoms with van der Waals surface area (Å²) in [5, 5.41) is 2.93. The van der Waals surface area contributed by atoms with Crippen molar-refractivity contribution in [3.8, 4) is 0 Å². The lowest BCUT2D eigenvalue weighted by Crippen LogP contribution is -2.45. The second kappa shape index (κ2) is 7.93. The maximum absolute atomic E-state index is 11.7. The van der Waals surface area contributed by atoms with Gasteiger partial charge in [0.1, 0.15) is 0 Å². The van der Waals surface area contributed by atoms with Gasteiger partial charge in [-0.15, -0.1) is 12.4 Å². The number of amides is 1. The first-order valence-electron chi connectivity index (χ1n) is 6.53. The Morgan fingerprint density at radius 3 is 2.24 bits per heavy atom. The third-order valence-electron chi connectivity index (χ3n) is 3.19. The molecule has 0 aliphatic heterocycles. The van der Waals surface area contributed by atoms with Crippen LogP contribution in [-0.2, 0) is 4.79 Å². The average Bonchev–Trinajstić information content (AvgIpc) is 2.42. The molecule has 0 aromatic heterocycles. The van der Waals surface area contributed by atoms with E-state index in [0.717, 1.165) is 0 Å². The number of halogens is 1. The first-order chi connectivity index (χ1) is 7.47. The van der Waals surface area contributed by atoms with Crippen LogP contribution in [-0.4, -0.2) is 18.0 Å². The molecule has 0 spiro atoms. The van der Waals surface area contributed by atoms with Crippen molar-refractivity contribution in [1.29, 1.82) is 0 Å². The molecular weight excluding hydrogens is 236 g/mol. The van der Waals surface area contributed by atoms with Crippen molar-refractivity contribution in [2.45, 2.75) is 64.3 Å². The Morgan fingerprint density at radius 1 is 1.24 bits per heavy atom. The van der Waals surface area contributed by atoms with Crippen LogP contribution in [0.3, 0.4) is 0 Å². The van der Waals surface area contributed by atoms with Gasteiger partial charge in [-0.05, 0) is 32.6 Å². The molecule has 1 aliphatic carbocycles. The predicted molar refractivity (Wildman–Crippen MR) is 74.3 cm³/mol. The zero-order valence-electron chi connectivity index (χ0n) is 11.1. The molecule has 1 rings (SSSR count). The van der Waals surface area contributed by atoms with Crippen molar-refractivity contribution in [2.75, 3.05) is 6.54 Å². The summed E-state index contributed by atoms with van der Waals surface area (Å²) in [6.45, 7) is 4.43. The molecule has 0 atom stereocenters. The van der Waals surface area contributed by atoms with Crippen LogP contribution in [0.1, 0.15) is 58.8 Å². The number of nitrogens with two attached hydrogens (primary N) is 1. The lowest BCUT2D eigenvalue weighted by atomic mass is 9.96. The van der Waals surface area contributed by atoms with Crippen LogP contribution in [0.25, 0.3) is 0 Å². The van der Waals surface area contributed by atoms with Crippen LogP contribution in [0.4, 0.5) is 0 Å². The second-order valence-corrected chi connectivity index (χ2v) is 5.83. The van der Waals surface area contributed by atoms with Crippen LogP contribution >= 0.6 is 12.4 Å². The van der Waals surface area contributed by atoms with Crippen molar-refractivity contribution in [2.24, 2.45) is 11.7 Å².